The van der Waals surface area contributed by atoms with E-state index in [0.717, 1.165) is 17.9 Å². The summed E-state index contributed by atoms with van der Waals surface area (Å²) in [5, 5.41) is 0.618. The van der Waals surface area contributed by atoms with Crippen LogP contribution in [0.1, 0.15) is 5.56 Å². The van der Waals surface area contributed by atoms with Crippen LogP contribution in [0.5, 0.6) is 0 Å². The van der Waals surface area contributed by atoms with Gasteiger partial charge >= 0.3 is 0 Å². The largest absolute Gasteiger partial charge is 0.379 e. The Morgan fingerprint density at radius 2 is 1.92 bits per heavy atom. The lowest BCUT2D eigenvalue weighted by Gasteiger charge is -2.34. The van der Waals surface area contributed by atoms with Crippen LogP contribution in [0.25, 0.3) is 0 Å². The van der Waals surface area contributed by atoms with Crippen molar-refractivity contribution in [3.8, 4) is 0 Å². The van der Waals surface area contributed by atoms with Crippen molar-refractivity contribution in [2.24, 2.45) is 16.6 Å². The molecule has 1 fully saturated rings. The minimum Gasteiger partial charge on any atom is -0.379 e. The average molecular weight is 366 g/mol. The van der Waals surface area contributed by atoms with E-state index in [1.165, 1.54) is 12.4 Å². The fraction of sp³-hybridized carbons (Fsp3) is 0.312. The van der Waals surface area contributed by atoms with Crippen molar-refractivity contribution in [3.63, 3.8) is 0 Å². The van der Waals surface area contributed by atoms with Crippen LogP contribution in [0.3, 0.4) is 0 Å². The van der Waals surface area contributed by atoms with Gasteiger partial charge in [0.05, 0.1) is 18.9 Å². The number of amidine groups is 1. The number of anilines is 1. The van der Waals surface area contributed by atoms with Crippen LogP contribution in [0.15, 0.2) is 47.7 Å². The van der Waals surface area contributed by atoms with Gasteiger partial charge in [0, 0.05) is 18.2 Å². The van der Waals surface area contributed by atoms with Crippen molar-refractivity contribution < 1.29 is 4.39 Å². The highest BCUT2D eigenvalue weighted by Gasteiger charge is 2.50. The molecule has 1 aromatic carbocycles. The van der Waals surface area contributed by atoms with Crippen molar-refractivity contribution in [2.45, 2.75) is 5.54 Å². The van der Waals surface area contributed by atoms with Crippen molar-refractivity contribution in [3.05, 3.63) is 54.1 Å². The predicted molar refractivity (Wildman–Crippen MR) is 97.1 cm³/mol. The molecule has 0 unspecified atom stereocenters. The summed E-state index contributed by atoms with van der Waals surface area (Å²) in [6, 6.07) is 10.2. The van der Waals surface area contributed by atoms with Gasteiger partial charge in [0.1, 0.15) is 5.54 Å². The zero-order valence-corrected chi connectivity index (χ0v) is 14.4. The molecular formula is C16H17ClFN5S. The van der Waals surface area contributed by atoms with Crippen LogP contribution in [-0.2, 0) is 5.54 Å². The third-order valence-electron chi connectivity index (χ3n) is 4.45. The molecule has 0 bridgehead atoms. The molecule has 0 radical (unpaired) electrons. The molecule has 2 atom stereocenters. The quantitative estimate of drug-likeness (QED) is 0.885. The molecule has 0 aliphatic carbocycles. The maximum atomic E-state index is 13.1. The summed E-state index contributed by atoms with van der Waals surface area (Å²) in [6.45, 7) is 1.43. The molecule has 2 aliphatic heterocycles. The van der Waals surface area contributed by atoms with Gasteiger partial charge in [-0.15, -0.1) is 12.4 Å². The average Bonchev–Trinajstić information content (AvgIpc) is 2.96. The number of halogens is 2. The summed E-state index contributed by atoms with van der Waals surface area (Å²) in [7, 11) is 0. The van der Waals surface area contributed by atoms with Crippen molar-refractivity contribution in [2.75, 3.05) is 23.7 Å². The van der Waals surface area contributed by atoms with Gasteiger partial charge in [-0.1, -0.05) is 42.1 Å². The molecule has 5 nitrogen and oxygen atoms in total. The van der Waals surface area contributed by atoms with Gasteiger partial charge in [-0.3, -0.25) is 0 Å². The van der Waals surface area contributed by atoms with Crippen molar-refractivity contribution >= 4 is 35.3 Å². The lowest BCUT2D eigenvalue weighted by Crippen LogP contribution is -2.40. The number of hydrogen-bond donors (Lipinski definition) is 1. The Morgan fingerprint density at radius 1 is 1.21 bits per heavy atom. The molecule has 4 rings (SSSR count). The Bertz CT molecular complexity index is 742. The number of rotatable bonds is 2. The molecule has 0 spiro atoms. The molecule has 0 amide bonds. The smallest absolute Gasteiger partial charge is 0.225 e. The minimum atomic E-state index is -0.430. The Morgan fingerprint density at radius 3 is 2.62 bits per heavy atom. The minimum absolute atomic E-state index is 0. The molecule has 126 valence electrons. The number of fused-ring (bicyclic) bond motifs is 1. The Balaban J connectivity index is 0.00000169. The second-order valence-corrected chi connectivity index (χ2v) is 6.87. The molecular weight excluding hydrogens is 349 g/mol. The first-order valence-electron chi connectivity index (χ1n) is 7.43. The molecule has 2 aliphatic rings. The first kappa shape index (κ1) is 17.0. The highest BCUT2D eigenvalue weighted by atomic mass is 35.5. The lowest BCUT2D eigenvalue weighted by molar-refractivity contribution is 0.387. The molecule has 0 saturated carbocycles. The SMILES string of the molecule is Cl.NC1=N[C@@]2(c3ccccc3)CN(c3ncc(F)cn3)C[C@H]2CS1. The molecule has 3 heterocycles. The number of hydrogen-bond acceptors (Lipinski definition) is 6. The standard InChI is InChI=1S/C16H16FN5S.ClH/c17-13-6-19-15(20-7-13)22-8-12-9-23-14(18)21-16(12,10-22)11-4-2-1-3-5-11;/h1-7,12H,8-10H2,(H2,18,21);1H/t12-,16+;/m0./s1. The van der Waals surface area contributed by atoms with Gasteiger partial charge in [-0.05, 0) is 5.56 Å². The van der Waals surface area contributed by atoms with Crippen molar-refractivity contribution in [1.82, 2.24) is 9.97 Å². The Hall–Kier alpha value is -1.86. The van der Waals surface area contributed by atoms with Crippen LogP contribution in [0, 0.1) is 11.7 Å². The summed E-state index contributed by atoms with van der Waals surface area (Å²) >= 11 is 1.59. The van der Waals surface area contributed by atoms with Crippen LogP contribution < -0.4 is 10.6 Å². The van der Waals surface area contributed by atoms with Gasteiger partial charge in [0.15, 0.2) is 11.0 Å². The van der Waals surface area contributed by atoms with Crippen LogP contribution in [0.4, 0.5) is 10.3 Å². The Labute approximate surface area is 150 Å². The van der Waals surface area contributed by atoms with Gasteiger partial charge in [-0.25, -0.2) is 19.4 Å². The second kappa shape index (κ2) is 6.57. The van der Waals surface area contributed by atoms with Crippen molar-refractivity contribution in [1.29, 1.82) is 0 Å². The molecule has 2 N–H and O–H groups in total. The zero-order valence-electron chi connectivity index (χ0n) is 12.8. The third kappa shape index (κ3) is 2.82. The summed E-state index contributed by atoms with van der Waals surface area (Å²) < 4.78 is 13.1. The zero-order chi connectivity index (χ0) is 15.9. The fourth-order valence-corrected chi connectivity index (χ4v) is 4.35. The first-order valence-corrected chi connectivity index (χ1v) is 8.42. The molecule has 2 aromatic rings. The number of aliphatic imine (C=N–C) groups is 1. The Kier molecular flexibility index (Phi) is 4.64. The number of nitrogens with zero attached hydrogens (tertiary/aromatic N) is 4. The fourth-order valence-electron chi connectivity index (χ4n) is 3.37. The van der Waals surface area contributed by atoms with E-state index in [4.69, 9.17) is 10.7 Å². The number of thioether (sulfide) groups is 1. The van der Waals surface area contributed by atoms with Gasteiger partial charge in [0.25, 0.3) is 0 Å². The first-order chi connectivity index (χ1) is 11.2. The lowest BCUT2D eigenvalue weighted by atomic mass is 9.82. The van der Waals surface area contributed by atoms with E-state index in [-0.39, 0.29) is 17.9 Å². The molecule has 1 saturated heterocycles. The second-order valence-electron chi connectivity index (χ2n) is 5.83. The molecule has 24 heavy (non-hydrogen) atoms. The van der Waals surface area contributed by atoms with E-state index in [0.29, 0.717) is 23.6 Å². The monoisotopic (exact) mass is 365 g/mol. The summed E-state index contributed by atoms with van der Waals surface area (Å²) in [5.41, 5.74) is 6.80. The normalized spacial score (nSPS) is 25.6. The van der Waals surface area contributed by atoms with E-state index < -0.39 is 5.82 Å². The predicted octanol–water partition coefficient (Wildman–Crippen LogP) is 2.43. The number of benzene rings is 1. The topological polar surface area (TPSA) is 67.4 Å². The maximum Gasteiger partial charge on any atom is 0.225 e. The summed E-state index contributed by atoms with van der Waals surface area (Å²) in [6.07, 6.45) is 2.40. The van der Waals surface area contributed by atoms with E-state index >= 15 is 0 Å². The van der Waals surface area contributed by atoms with Crippen LogP contribution in [-0.4, -0.2) is 34.0 Å². The van der Waals surface area contributed by atoms with Gasteiger partial charge in [0.2, 0.25) is 5.95 Å². The van der Waals surface area contributed by atoms with E-state index in [2.05, 4.69) is 27.0 Å². The van der Waals surface area contributed by atoms with E-state index in [9.17, 15) is 4.39 Å². The van der Waals surface area contributed by atoms with E-state index in [1.807, 2.05) is 18.2 Å². The van der Waals surface area contributed by atoms with Gasteiger partial charge < -0.3 is 10.6 Å². The summed E-state index contributed by atoms with van der Waals surface area (Å²) in [4.78, 5) is 15.1. The maximum absolute atomic E-state index is 13.1. The number of aromatic nitrogens is 2. The molecule has 1 aromatic heterocycles. The number of nitrogens with two attached hydrogens (primary N) is 1. The van der Waals surface area contributed by atoms with Crippen LogP contribution in [0.2, 0.25) is 0 Å². The molecule has 8 heteroatoms. The van der Waals surface area contributed by atoms with Crippen LogP contribution >= 0.6 is 24.2 Å². The summed E-state index contributed by atoms with van der Waals surface area (Å²) in [5.74, 6) is 1.33. The van der Waals surface area contributed by atoms with E-state index in [1.54, 1.807) is 11.8 Å². The highest BCUT2D eigenvalue weighted by Crippen LogP contribution is 2.45. The van der Waals surface area contributed by atoms with Gasteiger partial charge in [-0.2, -0.15) is 0 Å². The highest BCUT2D eigenvalue weighted by molar-refractivity contribution is 8.13. The third-order valence-corrected chi connectivity index (χ3v) is 5.41.